The number of hydrogen-bond donors (Lipinski definition) is 1. The number of pyridine rings is 1. The Hall–Kier alpha value is -4.19. The van der Waals surface area contributed by atoms with E-state index in [1.807, 2.05) is 37.3 Å². The largest absolute Gasteiger partial charge is 0.507 e. The molecule has 0 bridgehead atoms. The first-order valence-electron chi connectivity index (χ1n) is 11.9. The molecule has 0 radical (unpaired) electrons. The van der Waals surface area contributed by atoms with E-state index in [0.29, 0.717) is 23.8 Å². The summed E-state index contributed by atoms with van der Waals surface area (Å²) >= 11 is 0. The van der Waals surface area contributed by atoms with Crippen molar-refractivity contribution in [2.24, 2.45) is 0 Å². The molecule has 1 aliphatic rings. The minimum absolute atomic E-state index is 0.0732. The molecule has 184 valence electrons. The number of rotatable bonds is 8. The van der Waals surface area contributed by atoms with Gasteiger partial charge >= 0.3 is 0 Å². The van der Waals surface area contributed by atoms with E-state index in [1.165, 1.54) is 4.90 Å². The normalized spacial score (nSPS) is 17.0. The van der Waals surface area contributed by atoms with Crippen molar-refractivity contribution in [3.05, 3.63) is 113 Å². The number of carbonyl (C=O) groups excluding carboxylic acids is 2. The first-order valence-corrected chi connectivity index (χ1v) is 11.9. The molecule has 1 aliphatic heterocycles. The minimum Gasteiger partial charge on any atom is -0.507 e. The van der Waals surface area contributed by atoms with E-state index in [0.717, 1.165) is 22.3 Å². The maximum Gasteiger partial charge on any atom is 0.295 e. The van der Waals surface area contributed by atoms with Crippen molar-refractivity contribution in [1.82, 2.24) is 9.88 Å². The fourth-order valence-electron chi connectivity index (χ4n) is 4.43. The molecule has 1 N–H and O–H groups in total. The molecular weight excluding hydrogens is 452 g/mol. The molecule has 4 rings (SSSR count). The van der Waals surface area contributed by atoms with Gasteiger partial charge in [0.2, 0.25) is 0 Å². The van der Waals surface area contributed by atoms with Crippen LogP contribution in [0.15, 0.2) is 85.2 Å². The van der Waals surface area contributed by atoms with Crippen molar-refractivity contribution in [3.63, 3.8) is 0 Å². The number of hydrogen-bond acceptors (Lipinski definition) is 5. The fourth-order valence-corrected chi connectivity index (χ4v) is 4.43. The van der Waals surface area contributed by atoms with Gasteiger partial charge in [0.05, 0.1) is 11.6 Å². The Morgan fingerprint density at radius 2 is 1.92 bits per heavy atom. The summed E-state index contributed by atoms with van der Waals surface area (Å²) in [5.41, 5.74) is 3.97. The Kier molecular flexibility index (Phi) is 7.34. The number of aromatic nitrogens is 1. The van der Waals surface area contributed by atoms with Crippen LogP contribution in [0.5, 0.6) is 5.75 Å². The zero-order chi connectivity index (χ0) is 25.8. The van der Waals surface area contributed by atoms with Gasteiger partial charge in [-0.1, -0.05) is 56.8 Å². The Balaban J connectivity index is 1.83. The molecule has 1 fully saturated rings. The number of ketones is 1. The van der Waals surface area contributed by atoms with Gasteiger partial charge in [0.15, 0.2) is 0 Å². The van der Waals surface area contributed by atoms with Crippen molar-refractivity contribution in [2.45, 2.75) is 39.3 Å². The minimum atomic E-state index is -0.734. The van der Waals surface area contributed by atoms with Crippen LogP contribution in [0.2, 0.25) is 0 Å². The molecule has 1 aromatic heterocycles. The number of ether oxygens (including phenoxy) is 1. The van der Waals surface area contributed by atoms with E-state index in [-0.39, 0.29) is 17.9 Å². The second-order valence-corrected chi connectivity index (χ2v) is 9.19. The zero-order valence-corrected chi connectivity index (χ0v) is 20.8. The third kappa shape index (κ3) is 4.93. The summed E-state index contributed by atoms with van der Waals surface area (Å²) in [6.07, 6.45) is 4.98. The number of benzene rings is 2. The maximum absolute atomic E-state index is 13.3. The van der Waals surface area contributed by atoms with Crippen molar-refractivity contribution >= 4 is 17.4 Å². The summed E-state index contributed by atoms with van der Waals surface area (Å²) in [5.74, 6) is -0.595. The van der Waals surface area contributed by atoms with Crippen LogP contribution in [0.4, 0.5) is 0 Å². The highest BCUT2D eigenvalue weighted by molar-refractivity contribution is 6.46. The number of nitrogens with zero attached hydrogens (tertiary/aromatic N) is 2. The average molecular weight is 483 g/mol. The highest BCUT2D eigenvalue weighted by Crippen LogP contribution is 2.41. The number of Topliss-reactive ketones (excluding diaryl/α,β-unsaturated/α-hetero) is 1. The third-order valence-corrected chi connectivity index (χ3v) is 6.36. The summed E-state index contributed by atoms with van der Waals surface area (Å²) in [4.78, 5) is 32.2. The molecule has 0 saturated carbocycles. The first-order chi connectivity index (χ1) is 17.3. The SMILES string of the molecule is C=CCOc1ccc(C(O)=C2C(=O)C(=O)N(Cc3cccnc3)[C@H]2c2ccc(C(C)C)cc2)c(C)c1. The molecular formula is C30H30N2O4. The van der Waals surface area contributed by atoms with Crippen LogP contribution in [0.3, 0.4) is 0 Å². The van der Waals surface area contributed by atoms with E-state index in [2.05, 4.69) is 25.4 Å². The molecule has 1 saturated heterocycles. The van der Waals surface area contributed by atoms with Crippen LogP contribution in [-0.2, 0) is 16.1 Å². The number of aryl methyl sites for hydroxylation is 1. The van der Waals surface area contributed by atoms with E-state index in [1.54, 1.807) is 42.7 Å². The van der Waals surface area contributed by atoms with Gasteiger partial charge in [-0.05, 0) is 59.4 Å². The lowest BCUT2D eigenvalue weighted by Crippen LogP contribution is -2.29. The van der Waals surface area contributed by atoms with Gasteiger partial charge in [-0.15, -0.1) is 0 Å². The summed E-state index contributed by atoms with van der Waals surface area (Å²) in [7, 11) is 0. The average Bonchev–Trinajstić information content (AvgIpc) is 3.12. The fraction of sp³-hybridized carbons (Fsp3) is 0.233. The lowest BCUT2D eigenvalue weighted by molar-refractivity contribution is -0.140. The Morgan fingerprint density at radius 3 is 2.53 bits per heavy atom. The second-order valence-electron chi connectivity index (χ2n) is 9.19. The van der Waals surface area contributed by atoms with Crippen LogP contribution in [-0.4, -0.2) is 33.3 Å². The molecule has 3 aromatic rings. The molecule has 36 heavy (non-hydrogen) atoms. The van der Waals surface area contributed by atoms with Crippen LogP contribution in [0.25, 0.3) is 5.76 Å². The third-order valence-electron chi connectivity index (χ3n) is 6.36. The summed E-state index contributed by atoms with van der Waals surface area (Å²) in [5, 5.41) is 11.4. The molecule has 1 amide bonds. The van der Waals surface area contributed by atoms with Gasteiger partial charge in [-0.25, -0.2) is 0 Å². The molecule has 2 heterocycles. The lowest BCUT2D eigenvalue weighted by Gasteiger charge is -2.26. The van der Waals surface area contributed by atoms with Crippen molar-refractivity contribution in [2.75, 3.05) is 6.61 Å². The van der Waals surface area contributed by atoms with Crippen molar-refractivity contribution in [3.8, 4) is 5.75 Å². The second kappa shape index (κ2) is 10.6. The number of aliphatic hydroxyl groups excluding tert-OH is 1. The van der Waals surface area contributed by atoms with Gasteiger partial charge in [0.25, 0.3) is 11.7 Å². The number of aliphatic hydroxyl groups is 1. The predicted octanol–water partition coefficient (Wildman–Crippen LogP) is 5.70. The van der Waals surface area contributed by atoms with Crippen molar-refractivity contribution in [1.29, 1.82) is 0 Å². The van der Waals surface area contributed by atoms with E-state index in [9.17, 15) is 14.7 Å². The summed E-state index contributed by atoms with van der Waals surface area (Å²) < 4.78 is 5.59. The molecule has 1 atom stereocenters. The van der Waals surface area contributed by atoms with Crippen LogP contribution < -0.4 is 4.74 Å². The molecule has 0 aliphatic carbocycles. The Labute approximate surface area is 211 Å². The smallest absolute Gasteiger partial charge is 0.295 e. The van der Waals surface area contributed by atoms with E-state index in [4.69, 9.17) is 4.74 Å². The molecule has 2 aromatic carbocycles. The monoisotopic (exact) mass is 482 g/mol. The highest BCUT2D eigenvalue weighted by atomic mass is 16.5. The number of carbonyl (C=O) groups is 2. The van der Waals surface area contributed by atoms with Crippen LogP contribution in [0, 0.1) is 6.92 Å². The van der Waals surface area contributed by atoms with Gasteiger partial charge in [-0.2, -0.15) is 0 Å². The van der Waals surface area contributed by atoms with Gasteiger partial charge in [0, 0.05) is 24.5 Å². The zero-order valence-electron chi connectivity index (χ0n) is 20.8. The van der Waals surface area contributed by atoms with Gasteiger partial charge in [0.1, 0.15) is 18.1 Å². The Bertz CT molecular complexity index is 1310. The maximum atomic E-state index is 13.3. The summed E-state index contributed by atoms with van der Waals surface area (Å²) in [6.45, 7) is 10.2. The highest BCUT2D eigenvalue weighted by Gasteiger charge is 2.46. The van der Waals surface area contributed by atoms with Gasteiger partial charge < -0.3 is 14.7 Å². The van der Waals surface area contributed by atoms with Crippen molar-refractivity contribution < 1.29 is 19.4 Å². The number of amides is 1. The molecule has 6 nitrogen and oxygen atoms in total. The molecule has 0 spiro atoms. The lowest BCUT2D eigenvalue weighted by atomic mass is 9.92. The Morgan fingerprint density at radius 1 is 1.17 bits per heavy atom. The first kappa shape index (κ1) is 24.9. The molecule has 0 unspecified atom stereocenters. The van der Waals surface area contributed by atoms with Gasteiger partial charge in [-0.3, -0.25) is 14.6 Å². The topological polar surface area (TPSA) is 79.7 Å². The molecule has 6 heteroatoms. The van der Waals surface area contributed by atoms with E-state index < -0.39 is 17.7 Å². The quantitative estimate of drug-likeness (QED) is 0.193. The number of likely N-dealkylation sites (tertiary alicyclic amines) is 1. The standard InChI is InChI=1S/C30H30N2O4/c1-5-15-36-24-12-13-25(20(4)16-24)28(33)26-27(23-10-8-22(9-11-23)19(2)3)32(30(35)29(26)34)18-21-7-6-14-31-17-21/h5-14,16-17,19,27,33H,1,15,18H2,2-4H3/t27-/m0/s1. The van der Waals surface area contributed by atoms with E-state index >= 15 is 0 Å². The van der Waals surface area contributed by atoms with Crippen LogP contribution >= 0.6 is 0 Å². The van der Waals surface area contributed by atoms with Crippen LogP contribution in [0.1, 0.15) is 53.6 Å². The predicted molar refractivity (Wildman–Crippen MR) is 139 cm³/mol. The summed E-state index contributed by atoms with van der Waals surface area (Å²) in [6, 6.07) is 16.0.